The van der Waals surface area contributed by atoms with E-state index in [0.717, 1.165) is 66.8 Å². The zero-order valence-electron chi connectivity index (χ0n) is 78.4. The summed E-state index contributed by atoms with van der Waals surface area (Å²) in [6, 6.07) is 175. The van der Waals surface area contributed by atoms with E-state index < -0.39 is 0 Å². The zero-order valence-corrected chi connectivity index (χ0v) is 80.9. The summed E-state index contributed by atoms with van der Waals surface area (Å²) < 4.78 is 11.1. The Morgan fingerprint density at radius 3 is 0.712 bits per heavy atom. The number of nitrogens with zero attached hydrogens (tertiary/aromatic N) is 12. The summed E-state index contributed by atoms with van der Waals surface area (Å²) in [6.07, 6.45) is 0. The first-order valence-corrected chi connectivity index (χ1v) is 51.1. The summed E-state index contributed by atoms with van der Waals surface area (Å²) in [6.45, 7) is 0. The van der Waals surface area contributed by atoms with Crippen molar-refractivity contribution < 1.29 is 0 Å². The van der Waals surface area contributed by atoms with Crippen molar-refractivity contribution in [3.63, 3.8) is 0 Å². The van der Waals surface area contributed by atoms with Gasteiger partial charge in [0, 0.05) is 82.9 Å². The number of thiazole rings is 3. The van der Waals surface area contributed by atoms with Gasteiger partial charge in [-0.1, -0.05) is 419 Å². The van der Waals surface area contributed by atoms with Gasteiger partial charge in [0.05, 0.1) is 47.2 Å². The van der Waals surface area contributed by atoms with Crippen LogP contribution in [0.4, 0.5) is 0 Å². The molecule has 0 amide bonds. The first-order chi connectivity index (χ1) is 72.3. The van der Waals surface area contributed by atoms with Gasteiger partial charge in [0.15, 0.2) is 52.4 Å². The van der Waals surface area contributed by atoms with Crippen molar-refractivity contribution >= 4 is 133 Å². The molecule has 0 radical (unpaired) electrons. The van der Waals surface area contributed by atoms with E-state index in [-0.39, 0.29) is 0 Å². The monoisotopic (exact) mass is 1920 g/mol. The molecule has 0 aliphatic rings. The van der Waals surface area contributed by atoms with E-state index in [9.17, 15) is 0 Å². The largest absolute Gasteiger partial charge is 0.299 e. The molecule has 0 unspecified atom stereocenters. The fourth-order valence-electron chi connectivity index (χ4n) is 20.3. The zero-order chi connectivity index (χ0) is 96.5. The lowest BCUT2D eigenvalue weighted by Crippen LogP contribution is -2.00. The minimum atomic E-state index is 0.649. The van der Waals surface area contributed by atoms with Gasteiger partial charge in [0.2, 0.25) is 0 Å². The van der Waals surface area contributed by atoms with Crippen LogP contribution >= 0.6 is 34.0 Å². The van der Waals surface area contributed by atoms with Crippen LogP contribution in [-0.2, 0) is 0 Å². The summed E-state index contributed by atoms with van der Waals surface area (Å²) in [5.41, 5.74) is 30.4. The lowest BCUT2D eigenvalue weighted by atomic mass is 9.95. The molecular weight excluding hydrogens is 1840 g/mol. The van der Waals surface area contributed by atoms with E-state index >= 15 is 0 Å². The summed E-state index contributed by atoms with van der Waals surface area (Å²) in [5.74, 6) is 5.90. The van der Waals surface area contributed by atoms with Crippen LogP contribution in [0.15, 0.2) is 497 Å². The first kappa shape index (κ1) is 86.3. The molecule has 0 saturated heterocycles. The Bertz CT molecular complexity index is 9850. The van der Waals surface area contributed by atoms with Gasteiger partial charge in [-0.05, 0) is 150 Å². The van der Waals surface area contributed by atoms with E-state index in [4.69, 9.17) is 44.9 Å². The Kier molecular flexibility index (Phi) is 21.9. The highest BCUT2D eigenvalue weighted by Crippen LogP contribution is 2.49. The smallest absolute Gasteiger partial charge is 0.164 e. The predicted octanol–water partition coefficient (Wildman–Crippen LogP) is 34.8. The highest BCUT2D eigenvalue weighted by Gasteiger charge is 2.27. The molecule has 29 aromatic rings. The molecule has 684 valence electrons. The standard InChI is InChI=1S/2C45H28N4S.C41H26N4S/c1-3-13-31(14-4-1)42-46-43(32-15-5-2-6-16-32)48-44(47-42)33-24-22-30(23-25-33)41-37-28-34(36-19-11-17-29-12-7-8-18-35(29)36)26-27-38(37)49-39-20-9-10-21-40(39)50-45(41)49;1-3-12-31(13-4-1)42-46-43(32-14-5-2-6-15-32)48-44(47-42)33-22-20-30(21-23-33)41-37-28-36(35-24-19-29-11-7-8-16-34(29)27-35)25-26-38(37)49-39-17-9-10-18-40(39)50-45(41)49;1-4-12-27(13-5-1)32-24-25-34-33(26-32)37(41-45(34)35-18-10-11-19-36(35)46-41)28-20-22-31(23-21-28)40-43-38(29-14-6-2-7-15-29)42-39(44-40)30-16-8-3-9-17-30/h2*1-28H;1-26H. The van der Waals surface area contributed by atoms with Crippen molar-refractivity contribution in [2.24, 2.45) is 0 Å². The Hall–Kier alpha value is -18.8. The van der Waals surface area contributed by atoms with Gasteiger partial charge < -0.3 is 0 Å². The van der Waals surface area contributed by atoms with Crippen molar-refractivity contribution in [3.8, 4) is 169 Å². The summed E-state index contributed by atoms with van der Waals surface area (Å²) >= 11 is 5.53. The number of para-hydroxylation sites is 3. The number of hydrogen-bond acceptors (Lipinski definition) is 12. The van der Waals surface area contributed by atoms with Crippen molar-refractivity contribution in [2.75, 3.05) is 0 Å². The van der Waals surface area contributed by atoms with E-state index in [1.807, 2.05) is 216 Å². The molecule has 146 heavy (non-hydrogen) atoms. The predicted molar refractivity (Wildman–Crippen MR) is 608 cm³/mol. The van der Waals surface area contributed by atoms with Crippen LogP contribution in [0.5, 0.6) is 0 Å². The summed E-state index contributed by atoms with van der Waals surface area (Å²) in [5, 5.41) is 8.70. The number of fused-ring (bicyclic) bond motifs is 17. The molecular formula is C131H82N12S3. The molecule has 0 atom stereocenters. The highest BCUT2D eigenvalue weighted by atomic mass is 32.1. The number of hydrogen-bond donors (Lipinski definition) is 0. The SMILES string of the molecule is c1ccc(-c2ccc3c(c2)c(-c2ccc(-c4nc(-c5ccccc5)nc(-c5ccccc5)n4)cc2)c2sc4ccccc4n23)cc1.c1ccc(-c2nc(-c3ccccc3)nc(-c3ccc(-c4c5cc(-c6ccc7ccccc7c6)ccc5n5c4sc4ccccc45)cc3)n2)cc1.c1ccc(-c2nc(-c3ccccc3)nc(-c3ccc(-c4c5cc(-c6cccc7ccccc67)ccc5n5c4sc4ccccc45)cc3)n2)cc1. The maximum atomic E-state index is 4.97. The average molecular weight is 1920 g/mol. The van der Waals surface area contributed by atoms with Crippen molar-refractivity contribution in [1.82, 2.24) is 58.1 Å². The molecule has 29 rings (SSSR count). The lowest BCUT2D eigenvalue weighted by molar-refractivity contribution is 1.07. The van der Waals surface area contributed by atoms with E-state index in [2.05, 4.69) is 329 Å². The lowest BCUT2D eigenvalue weighted by Gasteiger charge is -2.10. The highest BCUT2D eigenvalue weighted by molar-refractivity contribution is 7.25. The number of rotatable bonds is 15. The molecule has 0 spiro atoms. The molecule has 15 heteroatoms. The molecule has 0 saturated carbocycles. The molecule has 0 aliphatic carbocycles. The first-order valence-electron chi connectivity index (χ1n) is 48.7. The van der Waals surface area contributed by atoms with Crippen LogP contribution in [0, 0.1) is 0 Å². The van der Waals surface area contributed by atoms with Crippen LogP contribution in [0.3, 0.4) is 0 Å². The Morgan fingerprint density at radius 1 is 0.137 bits per heavy atom. The van der Waals surface area contributed by atoms with Crippen LogP contribution in [0.2, 0.25) is 0 Å². The van der Waals surface area contributed by atoms with Crippen LogP contribution in [0.1, 0.15) is 0 Å². The van der Waals surface area contributed by atoms with Gasteiger partial charge in [-0.2, -0.15) is 0 Å². The molecule has 0 fully saturated rings. The molecule has 9 aromatic heterocycles. The van der Waals surface area contributed by atoms with Gasteiger partial charge in [-0.3, -0.25) is 13.2 Å². The molecule has 0 N–H and O–H groups in total. The quantitative estimate of drug-likeness (QED) is 0.0985. The fourth-order valence-corrected chi connectivity index (χ4v) is 24.0. The minimum Gasteiger partial charge on any atom is -0.299 e. The fraction of sp³-hybridized carbons (Fsp3) is 0. The summed E-state index contributed by atoms with van der Waals surface area (Å²) in [4.78, 5) is 48.1. The van der Waals surface area contributed by atoms with Gasteiger partial charge in [0.25, 0.3) is 0 Å². The number of benzene rings is 20. The maximum absolute atomic E-state index is 4.97. The van der Waals surface area contributed by atoms with Gasteiger partial charge in [-0.25, -0.2) is 44.9 Å². The minimum absolute atomic E-state index is 0.649. The maximum Gasteiger partial charge on any atom is 0.164 e. The number of aromatic nitrogens is 12. The van der Waals surface area contributed by atoms with Gasteiger partial charge >= 0.3 is 0 Å². The Balaban J connectivity index is 0.000000109. The van der Waals surface area contributed by atoms with Gasteiger partial charge in [-0.15, -0.1) is 34.0 Å². The third-order valence-electron chi connectivity index (χ3n) is 27.4. The Labute approximate surface area is 851 Å². The van der Waals surface area contributed by atoms with Crippen LogP contribution < -0.4 is 0 Å². The van der Waals surface area contributed by atoms with Crippen LogP contribution in [-0.4, -0.2) is 58.1 Å². The molecule has 20 aromatic carbocycles. The Morgan fingerprint density at radius 2 is 0.370 bits per heavy atom. The molecule has 12 nitrogen and oxygen atoms in total. The second kappa shape index (κ2) is 37.0. The third-order valence-corrected chi connectivity index (χ3v) is 30.8. The molecule has 9 heterocycles. The molecule has 0 bridgehead atoms. The second-order valence-corrected chi connectivity index (χ2v) is 39.3. The van der Waals surface area contributed by atoms with E-state index in [0.29, 0.717) is 52.4 Å². The normalized spacial score (nSPS) is 11.6. The topological polar surface area (TPSA) is 129 Å². The van der Waals surface area contributed by atoms with Crippen molar-refractivity contribution in [2.45, 2.75) is 0 Å². The second-order valence-electron chi connectivity index (χ2n) is 36.3. The van der Waals surface area contributed by atoms with Crippen molar-refractivity contribution in [1.29, 1.82) is 0 Å². The van der Waals surface area contributed by atoms with Gasteiger partial charge in [0.1, 0.15) is 14.5 Å². The molecule has 0 aliphatic heterocycles. The van der Waals surface area contributed by atoms with Crippen molar-refractivity contribution in [3.05, 3.63) is 497 Å². The summed E-state index contributed by atoms with van der Waals surface area (Å²) in [7, 11) is 0. The average Bonchev–Trinajstić information content (AvgIpc) is 1.57. The van der Waals surface area contributed by atoms with E-state index in [1.54, 1.807) is 0 Å². The van der Waals surface area contributed by atoms with E-state index in [1.165, 1.54) is 149 Å². The third kappa shape index (κ3) is 15.9. The van der Waals surface area contributed by atoms with Crippen LogP contribution in [0.25, 0.3) is 269 Å².